The number of thiazole rings is 1. The number of piperidine rings is 1. The second-order valence-electron chi connectivity index (χ2n) is 8.25. The molecule has 1 N–H and O–H groups in total. The number of anilines is 1. The summed E-state index contributed by atoms with van der Waals surface area (Å²) in [6.45, 7) is 11.3. The highest BCUT2D eigenvalue weighted by atomic mass is 32.1. The molecule has 8 heteroatoms. The highest BCUT2D eigenvalue weighted by Crippen LogP contribution is 2.27. The van der Waals surface area contributed by atoms with Crippen molar-refractivity contribution >= 4 is 33.5 Å². The van der Waals surface area contributed by atoms with Crippen LogP contribution in [-0.4, -0.2) is 39.0 Å². The van der Waals surface area contributed by atoms with Crippen molar-refractivity contribution in [2.24, 2.45) is 5.92 Å². The molecule has 1 saturated heterocycles. The molecule has 1 aliphatic heterocycles. The molecule has 154 valence electrons. The normalized spacial score (nSPS) is 16.0. The Bertz CT molecular complexity index is 1020. The number of nitrogens with one attached hydrogen (secondary N) is 1. The van der Waals surface area contributed by atoms with Crippen LogP contribution in [0.4, 0.5) is 5.13 Å². The molecule has 0 atom stereocenters. The molecule has 1 fully saturated rings. The van der Waals surface area contributed by atoms with E-state index in [4.69, 9.17) is 4.52 Å². The van der Waals surface area contributed by atoms with E-state index in [1.807, 2.05) is 32.2 Å². The molecular weight excluding hydrogens is 386 g/mol. The van der Waals surface area contributed by atoms with Crippen molar-refractivity contribution in [2.45, 2.75) is 53.0 Å². The molecule has 0 bridgehead atoms. The van der Waals surface area contributed by atoms with Crippen LogP contribution in [0.3, 0.4) is 0 Å². The number of hydrogen-bond acceptors (Lipinski definition) is 7. The zero-order valence-corrected chi connectivity index (χ0v) is 18.2. The lowest BCUT2D eigenvalue weighted by Crippen LogP contribution is -2.32. The molecule has 1 aliphatic rings. The summed E-state index contributed by atoms with van der Waals surface area (Å²) in [5.41, 5.74) is 3.39. The van der Waals surface area contributed by atoms with Gasteiger partial charge in [0.25, 0.3) is 11.6 Å². The van der Waals surface area contributed by atoms with Crippen LogP contribution in [0, 0.1) is 12.8 Å². The maximum absolute atomic E-state index is 13.0. The number of aryl methyl sites for hydroxylation is 1. The molecule has 1 amide bonds. The Morgan fingerprint density at radius 1 is 1.34 bits per heavy atom. The fourth-order valence-electron chi connectivity index (χ4n) is 3.64. The van der Waals surface area contributed by atoms with Crippen molar-refractivity contribution in [3.63, 3.8) is 0 Å². The summed E-state index contributed by atoms with van der Waals surface area (Å²) in [5, 5.41) is 10.2. The van der Waals surface area contributed by atoms with Gasteiger partial charge < -0.3 is 4.52 Å². The highest BCUT2D eigenvalue weighted by Gasteiger charge is 2.21. The van der Waals surface area contributed by atoms with Gasteiger partial charge in [-0.3, -0.25) is 15.0 Å². The molecule has 3 aromatic rings. The second-order valence-corrected chi connectivity index (χ2v) is 9.11. The molecule has 0 radical (unpaired) electrons. The van der Waals surface area contributed by atoms with Crippen molar-refractivity contribution in [3.05, 3.63) is 34.1 Å². The molecular formula is C21H27N5O2S. The van der Waals surface area contributed by atoms with Crippen molar-refractivity contribution in [1.29, 1.82) is 0 Å². The van der Waals surface area contributed by atoms with Crippen LogP contribution >= 0.6 is 11.3 Å². The highest BCUT2D eigenvalue weighted by molar-refractivity contribution is 7.14. The standard InChI is InChI=1S/C21H27N5O2S/c1-12(2)17-9-16(18-14(4)25-28-20(18)23-17)19(27)24-21-22-15(11-29-21)10-26-7-5-13(3)6-8-26/h9,11-13H,5-8,10H2,1-4H3,(H,22,24,27). The van der Waals surface area contributed by atoms with Gasteiger partial charge in [-0.05, 0) is 50.8 Å². The van der Waals surface area contributed by atoms with Crippen LogP contribution in [0.2, 0.25) is 0 Å². The molecule has 4 rings (SSSR count). The molecule has 0 aromatic carbocycles. The van der Waals surface area contributed by atoms with E-state index in [1.165, 1.54) is 24.2 Å². The molecule has 3 aromatic heterocycles. The number of pyridine rings is 1. The largest absolute Gasteiger partial charge is 0.336 e. The predicted molar refractivity (Wildman–Crippen MR) is 114 cm³/mol. The summed E-state index contributed by atoms with van der Waals surface area (Å²) in [6.07, 6.45) is 2.48. The first-order valence-corrected chi connectivity index (χ1v) is 11.0. The molecule has 0 aliphatic carbocycles. The lowest BCUT2D eigenvalue weighted by atomic mass is 9.99. The molecule has 0 saturated carbocycles. The number of hydrogen-bond donors (Lipinski definition) is 1. The number of rotatable bonds is 5. The van der Waals surface area contributed by atoms with Gasteiger partial charge in [-0.2, -0.15) is 0 Å². The first-order chi connectivity index (χ1) is 13.9. The fraction of sp³-hybridized carbons (Fsp3) is 0.524. The van der Waals surface area contributed by atoms with E-state index in [0.29, 0.717) is 27.5 Å². The van der Waals surface area contributed by atoms with Crippen molar-refractivity contribution in [3.8, 4) is 0 Å². The molecule has 29 heavy (non-hydrogen) atoms. The van der Waals surface area contributed by atoms with Crippen molar-refractivity contribution < 1.29 is 9.32 Å². The molecule has 0 spiro atoms. The Kier molecular flexibility index (Phi) is 5.65. The summed E-state index contributed by atoms with van der Waals surface area (Å²) in [4.78, 5) is 24.6. The van der Waals surface area contributed by atoms with Gasteiger partial charge in [-0.25, -0.2) is 9.97 Å². The van der Waals surface area contributed by atoms with Gasteiger partial charge in [-0.15, -0.1) is 11.3 Å². The van der Waals surface area contributed by atoms with Gasteiger partial charge in [0.15, 0.2) is 5.13 Å². The molecule has 7 nitrogen and oxygen atoms in total. The second kappa shape index (κ2) is 8.20. The first-order valence-electron chi connectivity index (χ1n) is 10.2. The van der Waals surface area contributed by atoms with Crippen LogP contribution in [0.15, 0.2) is 16.0 Å². The Morgan fingerprint density at radius 2 is 2.10 bits per heavy atom. The van der Waals surface area contributed by atoms with E-state index in [0.717, 1.165) is 36.9 Å². The minimum atomic E-state index is -0.210. The number of likely N-dealkylation sites (tertiary alicyclic amines) is 1. The average molecular weight is 414 g/mol. The van der Waals surface area contributed by atoms with Crippen LogP contribution in [-0.2, 0) is 6.54 Å². The minimum Gasteiger partial charge on any atom is -0.336 e. The number of carbonyl (C=O) groups is 1. The van der Waals surface area contributed by atoms with Crippen LogP contribution in [0.5, 0.6) is 0 Å². The van der Waals surface area contributed by atoms with Gasteiger partial charge in [-0.1, -0.05) is 25.9 Å². The monoisotopic (exact) mass is 413 g/mol. The van der Waals surface area contributed by atoms with Gasteiger partial charge in [0.2, 0.25) is 0 Å². The van der Waals surface area contributed by atoms with Crippen LogP contribution in [0.25, 0.3) is 11.1 Å². The van der Waals surface area contributed by atoms with Gasteiger partial charge in [0.05, 0.1) is 22.3 Å². The van der Waals surface area contributed by atoms with E-state index in [1.54, 1.807) is 0 Å². The smallest absolute Gasteiger partial charge is 0.259 e. The van der Waals surface area contributed by atoms with Crippen LogP contribution in [0.1, 0.15) is 67.0 Å². The number of aromatic nitrogens is 3. The van der Waals surface area contributed by atoms with Crippen molar-refractivity contribution in [1.82, 2.24) is 20.0 Å². The van der Waals surface area contributed by atoms with Gasteiger partial charge in [0, 0.05) is 17.6 Å². The quantitative estimate of drug-likeness (QED) is 0.658. The Morgan fingerprint density at radius 3 is 2.83 bits per heavy atom. The lowest BCUT2D eigenvalue weighted by molar-refractivity contribution is 0.102. The number of nitrogens with zero attached hydrogens (tertiary/aromatic N) is 4. The maximum Gasteiger partial charge on any atom is 0.259 e. The van der Waals surface area contributed by atoms with Crippen LogP contribution < -0.4 is 5.32 Å². The number of carbonyl (C=O) groups excluding carboxylic acids is 1. The SMILES string of the molecule is Cc1noc2nc(C(C)C)cc(C(=O)Nc3nc(CN4CCC(C)CC4)cs3)c12. The maximum atomic E-state index is 13.0. The zero-order valence-electron chi connectivity index (χ0n) is 17.4. The third-order valence-electron chi connectivity index (χ3n) is 5.51. The summed E-state index contributed by atoms with van der Waals surface area (Å²) >= 11 is 1.46. The average Bonchev–Trinajstić information content (AvgIpc) is 3.29. The molecule has 4 heterocycles. The van der Waals surface area contributed by atoms with E-state index in [-0.39, 0.29) is 11.8 Å². The Balaban J connectivity index is 1.51. The third-order valence-corrected chi connectivity index (χ3v) is 6.31. The van der Waals surface area contributed by atoms with E-state index in [2.05, 4.69) is 32.3 Å². The summed E-state index contributed by atoms with van der Waals surface area (Å²) in [6, 6.07) is 1.83. The topological polar surface area (TPSA) is 84.1 Å². The van der Waals surface area contributed by atoms with E-state index >= 15 is 0 Å². The van der Waals surface area contributed by atoms with E-state index in [9.17, 15) is 4.79 Å². The third kappa shape index (κ3) is 4.33. The van der Waals surface area contributed by atoms with Gasteiger partial charge in [0.1, 0.15) is 0 Å². The van der Waals surface area contributed by atoms with E-state index < -0.39 is 0 Å². The Labute approximate surface area is 174 Å². The summed E-state index contributed by atoms with van der Waals surface area (Å²) < 4.78 is 5.32. The molecule has 0 unspecified atom stereocenters. The number of fused-ring (bicyclic) bond motifs is 1. The zero-order chi connectivity index (χ0) is 20.5. The van der Waals surface area contributed by atoms with Gasteiger partial charge >= 0.3 is 0 Å². The summed E-state index contributed by atoms with van der Waals surface area (Å²) in [5.74, 6) is 0.777. The Hall–Kier alpha value is -2.32. The fourth-order valence-corrected chi connectivity index (χ4v) is 4.34. The summed E-state index contributed by atoms with van der Waals surface area (Å²) in [7, 11) is 0. The lowest BCUT2D eigenvalue weighted by Gasteiger charge is -2.29. The first kappa shape index (κ1) is 20.0. The van der Waals surface area contributed by atoms with Crippen molar-refractivity contribution in [2.75, 3.05) is 18.4 Å². The predicted octanol–water partition coefficient (Wildman–Crippen LogP) is 4.60. The number of amides is 1. The minimum absolute atomic E-state index is 0.176.